The Hall–Kier alpha value is -1.79. The number of imidazole rings is 1. The van der Waals surface area contributed by atoms with Crippen LogP contribution in [-0.2, 0) is 13.6 Å². The van der Waals surface area contributed by atoms with E-state index in [0.29, 0.717) is 18.7 Å². The van der Waals surface area contributed by atoms with Crippen molar-refractivity contribution in [2.24, 2.45) is 12.8 Å². The molecule has 1 aromatic heterocycles. The van der Waals surface area contributed by atoms with Gasteiger partial charge in [0.2, 0.25) is 0 Å². The van der Waals surface area contributed by atoms with E-state index in [4.69, 9.17) is 5.73 Å². The van der Waals surface area contributed by atoms with Gasteiger partial charge in [0.15, 0.2) is 11.6 Å². The minimum atomic E-state index is -0.855. The standard InChI is InChI=1S/C14H18F2N4/c1-19-6-5-18-14(19)9-20(2)13(8-17)10-3-4-11(15)12(16)7-10/h3-7,13H,8-9,17H2,1-2H3. The second kappa shape index (κ2) is 6.11. The SMILES string of the molecule is CN(Cc1nccn1C)C(CN)c1ccc(F)c(F)c1. The van der Waals surface area contributed by atoms with Crippen LogP contribution in [0, 0.1) is 11.6 Å². The molecule has 20 heavy (non-hydrogen) atoms. The van der Waals surface area contributed by atoms with E-state index in [2.05, 4.69) is 4.98 Å². The third-order valence-corrected chi connectivity index (χ3v) is 3.40. The Kier molecular flexibility index (Phi) is 4.46. The van der Waals surface area contributed by atoms with Crippen molar-refractivity contribution < 1.29 is 8.78 Å². The van der Waals surface area contributed by atoms with Gasteiger partial charge in [0.05, 0.1) is 6.54 Å². The van der Waals surface area contributed by atoms with E-state index < -0.39 is 11.6 Å². The van der Waals surface area contributed by atoms with Crippen molar-refractivity contribution in [2.45, 2.75) is 12.6 Å². The van der Waals surface area contributed by atoms with Crippen molar-refractivity contribution in [3.05, 3.63) is 53.6 Å². The highest BCUT2D eigenvalue weighted by molar-refractivity contribution is 5.21. The van der Waals surface area contributed by atoms with Gasteiger partial charge in [-0.3, -0.25) is 4.90 Å². The topological polar surface area (TPSA) is 47.1 Å². The minimum Gasteiger partial charge on any atom is -0.337 e. The summed E-state index contributed by atoms with van der Waals surface area (Å²) < 4.78 is 28.2. The first-order valence-corrected chi connectivity index (χ1v) is 6.34. The van der Waals surface area contributed by atoms with E-state index in [0.717, 1.165) is 11.9 Å². The largest absolute Gasteiger partial charge is 0.337 e. The Balaban J connectivity index is 2.18. The molecule has 0 bridgehead atoms. The van der Waals surface area contributed by atoms with Crippen LogP contribution in [0.15, 0.2) is 30.6 Å². The zero-order valence-electron chi connectivity index (χ0n) is 11.6. The number of nitrogens with two attached hydrogens (primary N) is 1. The molecule has 0 aliphatic heterocycles. The van der Waals surface area contributed by atoms with Crippen LogP contribution in [-0.4, -0.2) is 28.0 Å². The summed E-state index contributed by atoms with van der Waals surface area (Å²) in [5.74, 6) is -0.823. The second-order valence-electron chi connectivity index (χ2n) is 4.79. The monoisotopic (exact) mass is 280 g/mol. The third-order valence-electron chi connectivity index (χ3n) is 3.40. The quantitative estimate of drug-likeness (QED) is 0.909. The maximum absolute atomic E-state index is 13.3. The summed E-state index contributed by atoms with van der Waals surface area (Å²) in [6.07, 6.45) is 3.58. The summed E-state index contributed by atoms with van der Waals surface area (Å²) in [6.45, 7) is 0.885. The molecule has 1 atom stereocenters. The smallest absolute Gasteiger partial charge is 0.159 e. The fourth-order valence-corrected chi connectivity index (χ4v) is 2.17. The average Bonchev–Trinajstić information content (AvgIpc) is 2.80. The zero-order chi connectivity index (χ0) is 14.7. The Bertz CT molecular complexity index is 582. The van der Waals surface area contributed by atoms with Crippen molar-refractivity contribution in [2.75, 3.05) is 13.6 Å². The predicted molar refractivity (Wildman–Crippen MR) is 72.8 cm³/mol. The molecule has 0 radical (unpaired) electrons. The van der Waals surface area contributed by atoms with Crippen molar-refractivity contribution in [1.29, 1.82) is 0 Å². The fourth-order valence-electron chi connectivity index (χ4n) is 2.17. The van der Waals surface area contributed by atoms with Crippen molar-refractivity contribution in [1.82, 2.24) is 14.5 Å². The molecule has 1 unspecified atom stereocenters. The number of aryl methyl sites for hydroxylation is 1. The normalized spacial score (nSPS) is 12.9. The molecule has 0 saturated carbocycles. The lowest BCUT2D eigenvalue weighted by Gasteiger charge is -2.27. The average molecular weight is 280 g/mol. The van der Waals surface area contributed by atoms with E-state index in [-0.39, 0.29) is 6.04 Å². The molecule has 6 heteroatoms. The number of halogens is 2. The van der Waals surface area contributed by atoms with Crippen LogP contribution in [0.3, 0.4) is 0 Å². The maximum atomic E-state index is 13.3. The Morgan fingerprint density at radius 3 is 2.65 bits per heavy atom. The summed E-state index contributed by atoms with van der Waals surface area (Å²) in [5.41, 5.74) is 6.43. The predicted octanol–water partition coefficient (Wildman–Crippen LogP) is 1.83. The Labute approximate surface area is 116 Å². The molecule has 0 aliphatic rings. The number of benzene rings is 1. The van der Waals surface area contributed by atoms with E-state index >= 15 is 0 Å². The zero-order valence-corrected chi connectivity index (χ0v) is 11.6. The van der Waals surface area contributed by atoms with Gasteiger partial charge in [-0.05, 0) is 24.7 Å². The lowest BCUT2D eigenvalue weighted by molar-refractivity contribution is 0.233. The van der Waals surface area contributed by atoms with E-state index in [1.807, 2.05) is 29.8 Å². The lowest BCUT2D eigenvalue weighted by Crippen LogP contribution is -2.31. The van der Waals surface area contributed by atoms with Crippen molar-refractivity contribution in [3.8, 4) is 0 Å². The van der Waals surface area contributed by atoms with Crippen LogP contribution < -0.4 is 5.73 Å². The molecule has 2 rings (SSSR count). The molecule has 0 amide bonds. The van der Waals surface area contributed by atoms with Crippen LogP contribution >= 0.6 is 0 Å². The van der Waals surface area contributed by atoms with Crippen LogP contribution in [0.25, 0.3) is 0 Å². The molecule has 108 valence electrons. The van der Waals surface area contributed by atoms with Gasteiger partial charge in [0.1, 0.15) is 5.82 Å². The van der Waals surface area contributed by atoms with Crippen LogP contribution in [0.2, 0.25) is 0 Å². The van der Waals surface area contributed by atoms with E-state index in [1.54, 1.807) is 12.3 Å². The molecule has 4 nitrogen and oxygen atoms in total. The Morgan fingerprint density at radius 1 is 1.35 bits per heavy atom. The highest BCUT2D eigenvalue weighted by atomic mass is 19.2. The highest BCUT2D eigenvalue weighted by Gasteiger charge is 2.18. The van der Waals surface area contributed by atoms with Gasteiger partial charge in [0.25, 0.3) is 0 Å². The molecule has 0 spiro atoms. The molecule has 0 saturated heterocycles. The summed E-state index contributed by atoms with van der Waals surface area (Å²) in [6, 6.07) is 3.69. The molecule has 0 aliphatic carbocycles. The van der Waals surface area contributed by atoms with Crippen molar-refractivity contribution >= 4 is 0 Å². The van der Waals surface area contributed by atoms with Gasteiger partial charge in [-0.15, -0.1) is 0 Å². The van der Waals surface area contributed by atoms with E-state index in [1.165, 1.54) is 6.07 Å². The lowest BCUT2D eigenvalue weighted by atomic mass is 10.1. The number of nitrogens with zero attached hydrogens (tertiary/aromatic N) is 3. The summed E-state index contributed by atoms with van der Waals surface area (Å²) in [4.78, 5) is 6.21. The van der Waals surface area contributed by atoms with Gasteiger partial charge in [-0.1, -0.05) is 6.07 Å². The third kappa shape index (κ3) is 3.02. The van der Waals surface area contributed by atoms with Crippen molar-refractivity contribution in [3.63, 3.8) is 0 Å². The first-order valence-electron chi connectivity index (χ1n) is 6.34. The molecule has 1 heterocycles. The highest BCUT2D eigenvalue weighted by Crippen LogP contribution is 2.21. The second-order valence-corrected chi connectivity index (χ2v) is 4.79. The first-order chi connectivity index (χ1) is 9.52. The molecule has 0 fully saturated rings. The molecule has 1 aromatic carbocycles. The first kappa shape index (κ1) is 14.6. The van der Waals surface area contributed by atoms with Gasteiger partial charge < -0.3 is 10.3 Å². The molecule has 2 N–H and O–H groups in total. The Morgan fingerprint density at radius 2 is 2.10 bits per heavy atom. The number of hydrogen-bond donors (Lipinski definition) is 1. The van der Waals surface area contributed by atoms with Gasteiger partial charge in [-0.2, -0.15) is 0 Å². The summed E-state index contributed by atoms with van der Waals surface area (Å²) >= 11 is 0. The van der Waals surface area contributed by atoms with Gasteiger partial charge in [0, 0.05) is 32.0 Å². The number of hydrogen-bond acceptors (Lipinski definition) is 3. The summed E-state index contributed by atoms with van der Waals surface area (Å²) in [5, 5.41) is 0. The van der Waals surface area contributed by atoms with Crippen LogP contribution in [0.4, 0.5) is 8.78 Å². The number of likely N-dealkylation sites (N-methyl/N-ethyl adjacent to an activating group) is 1. The molecular weight excluding hydrogens is 262 g/mol. The number of aromatic nitrogens is 2. The summed E-state index contributed by atoms with van der Waals surface area (Å²) in [7, 11) is 3.79. The molecular formula is C14H18F2N4. The van der Waals surface area contributed by atoms with Gasteiger partial charge >= 0.3 is 0 Å². The molecule has 2 aromatic rings. The van der Waals surface area contributed by atoms with Crippen LogP contribution in [0.1, 0.15) is 17.4 Å². The fraction of sp³-hybridized carbons (Fsp3) is 0.357. The maximum Gasteiger partial charge on any atom is 0.159 e. The minimum absolute atomic E-state index is 0.193. The van der Waals surface area contributed by atoms with E-state index in [9.17, 15) is 8.78 Å². The van der Waals surface area contributed by atoms with Gasteiger partial charge in [-0.25, -0.2) is 13.8 Å². The number of rotatable bonds is 5. The van der Waals surface area contributed by atoms with Crippen LogP contribution in [0.5, 0.6) is 0 Å².